The molecule has 2 aromatic rings. The van der Waals surface area contributed by atoms with Gasteiger partial charge in [-0.15, -0.1) is 11.3 Å². The van der Waals surface area contributed by atoms with E-state index in [1.807, 2.05) is 36.6 Å². The standard InChI is InChI=1S/C18H24N2O2S/c1-3-5-14(9-10-21)12-19-18(22)15-7-8-16(20-13(15)2)17-6-4-11-23-17/h4,6-8,11,14,21H,3,5,9-10,12H2,1-2H3,(H,19,22). The highest BCUT2D eigenvalue weighted by Crippen LogP contribution is 2.23. The van der Waals surface area contributed by atoms with E-state index in [2.05, 4.69) is 17.2 Å². The number of amides is 1. The fourth-order valence-electron chi connectivity index (χ4n) is 2.63. The van der Waals surface area contributed by atoms with Gasteiger partial charge in [0.05, 0.1) is 21.8 Å². The second-order valence-electron chi connectivity index (χ2n) is 5.68. The molecule has 2 heterocycles. The molecule has 0 aromatic carbocycles. The van der Waals surface area contributed by atoms with E-state index in [-0.39, 0.29) is 12.5 Å². The number of rotatable bonds is 8. The molecule has 1 atom stereocenters. The van der Waals surface area contributed by atoms with Crippen molar-refractivity contribution in [2.45, 2.75) is 33.1 Å². The highest BCUT2D eigenvalue weighted by molar-refractivity contribution is 7.13. The van der Waals surface area contributed by atoms with Crippen molar-refractivity contribution in [1.29, 1.82) is 0 Å². The largest absolute Gasteiger partial charge is 0.396 e. The van der Waals surface area contributed by atoms with E-state index in [0.717, 1.165) is 35.5 Å². The van der Waals surface area contributed by atoms with Crippen molar-refractivity contribution in [3.8, 4) is 10.6 Å². The molecule has 0 saturated heterocycles. The van der Waals surface area contributed by atoms with Crippen LogP contribution in [0.2, 0.25) is 0 Å². The van der Waals surface area contributed by atoms with E-state index in [9.17, 15) is 4.79 Å². The first-order valence-electron chi connectivity index (χ1n) is 8.06. The van der Waals surface area contributed by atoms with Crippen LogP contribution in [0.5, 0.6) is 0 Å². The molecule has 0 spiro atoms. The highest BCUT2D eigenvalue weighted by atomic mass is 32.1. The zero-order chi connectivity index (χ0) is 16.7. The average Bonchev–Trinajstić information content (AvgIpc) is 3.07. The summed E-state index contributed by atoms with van der Waals surface area (Å²) in [5, 5.41) is 14.1. The number of carbonyl (C=O) groups excluding carboxylic acids is 1. The van der Waals surface area contributed by atoms with Crippen LogP contribution < -0.4 is 5.32 Å². The molecule has 0 aliphatic heterocycles. The van der Waals surface area contributed by atoms with Crippen LogP contribution in [0.1, 0.15) is 42.2 Å². The number of aliphatic hydroxyl groups is 1. The monoisotopic (exact) mass is 332 g/mol. The van der Waals surface area contributed by atoms with Crippen LogP contribution in [0.3, 0.4) is 0 Å². The summed E-state index contributed by atoms with van der Waals surface area (Å²) >= 11 is 1.64. The third-order valence-electron chi connectivity index (χ3n) is 3.89. The number of nitrogens with zero attached hydrogens (tertiary/aromatic N) is 1. The predicted octanol–water partition coefficient (Wildman–Crippen LogP) is 3.65. The molecule has 0 bridgehead atoms. The maximum absolute atomic E-state index is 12.4. The second-order valence-corrected chi connectivity index (χ2v) is 6.63. The Balaban J connectivity index is 2.02. The number of pyridine rings is 1. The van der Waals surface area contributed by atoms with Crippen molar-refractivity contribution in [3.05, 3.63) is 40.9 Å². The molecule has 5 heteroatoms. The fraction of sp³-hybridized carbons (Fsp3) is 0.444. The van der Waals surface area contributed by atoms with Crippen molar-refractivity contribution >= 4 is 17.2 Å². The number of hydrogen-bond acceptors (Lipinski definition) is 4. The lowest BCUT2D eigenvalue weighted by Gasteiger charge is -2.16. The Bertz CT molecular complexity index is 620. The summed E-state index contributed by atoms with van der Waals surface area (Å²) in [6.45, 7) is 4.74. The zero-order valence-corrected chi connectivity index (χ0v) is 14.5. The molecule has 0 radical (unpaired) electrons. The van der Waals surface area contributed by atoms with Crippen LogP contribution >= 0.6 is 11.3 Å². The summed E-state index contributed by atoms with van der Waals surface area (Å²) in [5.74, 6) is 0.236. The van der Waals surface area contributed by atoms with Crippen LogP contribution in [0.15, 0.2) is 29.6 Å². The van der Waals surface area contributed by atoms with Crippen LogP contribution in [-0.2, 0) is 0 Å². The third-order valence-corrected chi connectivity index (χ3v) is 4.78. The molecule has 2 N–H and O–H groups in total. The Morgan fingerprint density at radius 3 is 2.78 bits per heavy atom. The SMILES string of the molecule is CCCC(CCO)CNC(=O)c1ccc(-c2cccs2)nc1C. The van der Waals surface area contributed by atoms with E-state index >= 15 is 0 Å². The van der Waals surface area contributed by atoms with Gasteiger partial charge in [-0.3, -0.25) is 9.78 Å². The van der Waals surface area contributed by atoms with E-state index < -0.39 is 0 Å². The fourth-order valence-corrected chi connectivity index (χ4v) is 3.33. The van der Waals surface area contributed by atoms with Crippen molar-refractivity contribution in [2.24, 2.45) is 5.92 Å². The zero-order valence-electron chi connectivity index (χ0n) is 13.7. The third kappa shape index (κ3) is 4.88. The smallest absolute Gasteiger partial charge is 0.253 e. The molecular formula is C18H24N2O2S. The van der Waals surface area contributed by atoms with Crippen LogP contribution in [-0.4, -0.2) is 29.1 Å². The molecule has 0 aliphatic carbocycles. The Hall–Kier alpha value is -1.72. The quantitative estimate of drug-likeness (QED) is 0.775. The average molecular weight is 332 g/mol. The predicted molar refractivity (Wildman–Crippen MR) is 94.7 cm³/mol. The molecule has 1 unspecified atom stereocenters. The molecule has 23 heavy (non-hydrogen) atoms. The number of aryl methyl sites for hydroxylation is 1. The van der Waals surface area contributed by atoms with Gasteiger partial charge in [0.2, 0.25) is 0 Å². The number of thiophene rings is 1. The Kier molecular flexibility index (Phi) is 6.74. The van der Waals surface area contributed by atoms with Gasteiger partial charge in [0, 0.05) is 13.2 Å². The van der Waals surface area contributed by atoms with Gasteiger partial charge in [0.1, 0.15) is 0 Å². The van der Waals surface area contributed by atoms with Crippen LogP contribution in [0.4, 0.5) is 0 Å². The lowest BCUT2D eigenvalue weighted by Crippen LogP contribution is -2.30. The Morgan fingerprint density at radius 1 is 1.35 bits per heavy atom. The molecule has 2 aromatic heterocycles. The van der Waals surface area contributed by atoms with Crippen molar-refractivity contribution in [1.82, 2.24) is 10.3 Å². The molecule has 1 amide bonds. The first kappa shape index (κ1) is 17.6. The Morgan fingerprint density at radius 2 is 2.17 bits per heavy atom. The van der Waals surface area contributed by atoms with Gasteiger partial charge in [0.25, 0.3) is 5.91 Å². The normalized spacial score (nSPS) is 12.1. The van der Waals surface area contributed by atoms with Crippen LogP contribution in [0.25, 0.3) is 10.6 Å². The summed E-state index contributed by atoms with van der Waals surface area (Å²) in [6, 6.07) is 7.75. The topological polar surface area (TPSA) is 62.2 Å². The lowest BCUT2D eigenvalue weighted by molar-refractivity contribution is 0.0942. The molecule has 0 saturated carbocycles. The van der Waals surface area contributed by atoms with Crippen LogP contribution in [0, 0.1) is 12.8 Å². The lowest BCUT2D eigenvalue weighted by atomic mass is 10.00. The molecular weight excluding hydrogens is 308 g/mol. The summed E-state index contributed by atoms with van der Waals surface area (Å²) in [6.07, 6.45) is 2.79. The van der Waals surface area contributed by atoms with Crippen molar-refractivity contribution in [2.75, 3.05) is 13.2 Å². The number of hydrogen-bond donors (Lipinski definition) is 2. The first-order chi connectivity index (χ1) is 11.2. The van der Waals surface area contributed by atoms with E-state index in [0.29, 0.717) is 18.0 Å². The maximum atomic E-state index is 12.4. The summed E-state index contributed by atoms with van der Waals surface area (Å²) in [7, 11) is 0. The van der Waals surface area contributed by atoms with Crippen molar-refractivity contribution in [3.63, 3.8) is 0 Å². The van der Waals surface area contributed by atoms with Crippen molar-refractivity contribution < 1.29 is 9.90 Å². The van der Waals surface area contributed by atoms with E-state index in [1.165, 1.54) is 0 Å². The highest BCUT2D eigenvalue weighted by Gasteiger charge is 2.14. The maximum Gasteiger partial charge on any atom is 0.253 e. The van der Waals surface area contributed by atoms with E-state index in [1.54, 1.807) is 11.3 Å². The number of nitrogens with one attached hydrogen (secondary N) is 1. The minimum atomic E-state index is -0.0910. The molecule has 2 rings (SSSR count). The minimum absolute atomic E-state index is 0.0910. The van der Waals surface area contributed by atoms with Gasteiger partial charge >= 0.3 is 0 Å². The van der Waals surface area contributed by atoms with Gasteiger partial charge in [-0.1, -0.05) is 19.4 Å². The number of aliphatic hydroxyl groups excluding tert-OH is 1. The van der Waals surface area contributed by atoms with Gasteiger partial charge in [-0.25, -0.2) is 0 Å². The second kappa shape index (κ2) is 8.79. The summed E-state index contributed by atoms with van der Waals surface area (Å²) in [4.78, 5) is 18.0. The molecule has 124 valence electrons. The number of aromatic nitrogens is 1. The van der Waals surface area contributed by atoms with E-state index in [4.69, 9.17) is 5.11 Å². The summed E-state index contributed by atoms with van der Waals surface area (Å²) in [5.41, 5.74) is 2.25. The van der Waals surface area contributed by atoms with Gasteiger partial charge < -0.3 is 10.4 Å². The molecule has 0 aliphatic rings. The summed E-state index contributed by atoms with van der Waals surface area (Å²) < 4.78 is 0. The minimum Gasteiger partial charge on any atom is -0.396 e. The van der Waals surface area contributed by atoms with Gasteiger partial charge in [0.15, 0.2) is 0 Å². The Labute approximate surface area is 141 Å². The van der Waals surface area contributed by atoms with Gasteiger partial charge in [-0.05, 0) is 49.3 Å². The molecule has 4 nitrogen and oxygen atoms in total. The first-order valence-corrected chi connectivity index (χ1v) is 8.94. The van der Waals surface area contributed by atoms with Gasteiger partial charge in [-0.2, -0.15) is 0 Å². The molecule has 0 fully saturated rings. The number of carbonyl (C=O) groups is 1.